The summed E-state index contributed by atoms with van der Waals surface area (Å²) in [5, 5.41) is 0. The summed E-state index contributed by atoms with van der Waals surface area (Å²) in [6, 6.07) is 0. The van der Waals surface area contributed by atoms with Gasteiger partial charge in [-0.3, -0.25) is 0 Å². The predicted molar refractivity (Wildman–Crippen MR) is 46.4 cm³/mol. The van der Waals surface area contributed by atoms with E-state index in [1.165, 1.54) is 24.8 Å². The molecule has 1 aliphatic carbocycles. The second kappa shape index (κ2) is 4.32. The molecule has 0 heterocycles. The summed E-state index contributed by atoms with van der Waals surface area (Å²) in [6.07, 6.45) is 8.88. The van der Waals surface area contributed by atoms with Crippen molar-refractivity contribution in [2.45, 2.75) is 39.0 Å². The summed E-state index contributed by atoms with van der Waals surface area (Å²) in [6.45, 7) is 2.26. The second-order valence-electron chi connectivity index (χ2n) is 3.32. The van der Waals surface area contributed by atoms with Gasteiger partial charge in [0.25, 0.3) is 0 Å². The fourth-order valence-electron chi connectivity index (χ4n) is 1.67. The molecule has 0 saturated heterocycles. The maximum atomic E-state index is 10.1. The molecule has 1 atom stereocenters. The molecule has 0 bridgehead atoms. The third-order valence-corrected chi connectivity index (χ3v) is 2.43. The zero-order valence-electron chi connectivity index (χ0n) is 7.18. The van der Waals surface area contributed by atoms with Crippen LogP contribution in [-0.4, -0.2) is 6.29 Å². The molecule has 1 nitrogen and oxygen atoms in total. The van der Waals surface area contributed by atoms with Crippen molar-refractivity contribution in [3.05, 3.63) is 11.6 Å². The third-order valence-electron chi connectivity index (χ3n) is 2.43. The van der Waals surface area contributed by atoms with Gasteiger partial charge >= 0.3 is 0 Å². The van der Waals surface area contributed by atoms with Crippen LogP contribution >= 0.6 is 0 Å². The van der Waals surface area contributed by atoms with Gasteiger partial charge in [0.15, 0.2) is 0 Å². The maximum absolute atomic E-state index is 10.1. The fraction of sp³-hybridized carbons (Fsp3) is 0.700. The van der Waals surface area contributed by atoms with Crippen molar-refractivity contribution in [2.24, 2.45) is 5.92 Å². The minimum Gasteiger partial charge on any atom is -0.303 e. The Kier molecular flexibility index (Phi) is 3.34. The first kappa shape index (κ1) is 8.51. The summed E-state index contributed by atoms with van der Waals surface area (Å²) < 4.78 is 0. The quantitative estimate of drug-likeness (QED) is 0.449. The summed E-state index contributed by atoms with van der Waals surface area (Å²) in [5.41, 5.74) is 1.50. The Bertz CT molecular complexity index is 158. The van der Waals surface area contributed by atoms with Crippen LogP contribution in [0.15, 0.2) is 11.6 Å². The van der Waals surface area contributed by atoms with Gasteiger partial charge in [-0.1, -0.05) is 18.6 Å². The second-order valence-corrected chi connectivity index (χ2v) is 3.32. The van der Waals surface area contributed by atoms with Crippen LogP contribution in [0.2, 0.25) is 0 Å². The van der Waals surface area contributed by atoms with Crippen LogP contribution < -0.4 is 0 Å². The average molecular weight is 152 g/mol. The van der Waals surface area contributed by atoms with Crippen LogP contribution in [0.5, 0.6) is 0 Å². The van der Waals surface area contributed by atoms with Crippen LogP contribution in [0.4, 0.5) is 0 Å². The van der Waals surface area contributed by atoms with Crippen LogP contribution in [0.3, 0.4) is 0 Å². The Morgan fingerprint density at radius 1 is 1.73 bits per heavy atom. The lowest BCUT2D eigenvalue weighted by Gasteiger charge is -2.19. The van der Waals surface area contributed by atoms with Crippen molar-refractivity contribution in [3.8, 4) is 0 Å². The number of hydrogen-bond donors (Lipinski definition) is 0. The van der Waals surface area contributed by atoms with Crippen LogP contribution in [0.25, 0.3) is 0 Å². The Balaban J connectivity index is 2.40. The molecule has 0 amide bonds. The minimum atomic E-state index is 0.705. The molecular formula is C10H16O. The molecule has 0 aromatic heterocycles. The molecule has 1 heteroatoms. The molecule has 11 heavy (non-hydrogen) atoms. The zero-order chi connectivity index (χ0) is 8.10. The van der Waals surface area contributed by atoms with E-state index < -0.39 is 0 Å². The minimum absolute atomic E-state index is 0.705. The zero-order valence-corrected chi connectivity index (χ0v) is 7.18. The lowest BCUT2D eigenvalue weighted by molar-refractivity contribution is -0.107. The monoisotopic (exact) mass is 152 g/mol. The summed E-state index contributed by atoms with van der Waals surface area (Å²) >= 11 is 0. The van der Waals surface area contributed by atoms with Crippen molar-refractivity contribution in [2.75, 3.05) is 0 Å². The highest BCUT2D eigenvalue weighted by molar-refractivity contribution is 5.49. The largest absolute Gasteiger partial charge is 0.303 e. The molecule has 1 rings (SSSR count). The van der Waals surface area contributed by atoms with E-state index in [1.54, 1.807) is 0 Å². The van der Waals surface area contributed by atoms with Gasteiger partial charge in [0, 0.05) is 6.42 Å². The Morgan fingerprint density at radius 3 is 3.18 bits per heavy atom. The number of carbonyl (C=O) groups is 1. The van der Waals surface area contributed by atoms with E-state index >= 15 is 0 Å². The van der Waals surface area contributed by atoms with E-state index in [0.29, 0.717) is 6.42 Å². The molecule has 0 saturated carbocycles. The lowest BCUT2D eigenvalue weighted by atomic mass is 9.87. The Hall–Kier alpha value is -0.590. The Morgan fingerprint density at radius 2 is 2.55 bits per heavy atom. The number of carbonyl (C=O) groups excluding carboxylic acids is 1. The maximum Gasteiger partial charge on any atom is 0.120 e. The molecule has 0 unspecified atom stereocenters. The van der Waals surface area contributed by atoms with Crippen molar-refractivity contribution in [1.82, 2.24) is 0 Å². The molecule has 0 aromatic rings. The highest BCUT2D eigenvalue weighted by atomic mass is 16.1. The van der Waals surface area contributed by atoms with Crippen LogP contribution in [0, 0.1) is 5.92 Å². The van der Waals surface area contributed by atoms with Crippen molar-refractivity contribution < 1.29 is 4.79 Å². The molecule has 0 radical (unpaired) electrons. The molecule has 62 valence electrons. The highest BCUT2D eigenvalue weighted by Crippen LogP contribution is 2.26. The molecule has 0 spiro atoms. The molecule has 0 fully saturated rings. The number of aldehydes is 1. The molecule has 0 N–H and O–H groups in total. The SMILES string of the molecule is C[C@@H]1CCCC=C1CCC=O. The predicted octanol–water partition coefficient (Wildman–Crippen LogP) is 2.71. The number of rotatable bonds is 3. The van der Waals surface area contributed by atoms with E-state index in [0.717, 1.165) is 18.6 Å². The van der Waals surface area contributed by atoms with E-state index in [-0.39, 0.29) is 0 Å². The number of hydrogen-bond acceptors (Lipinski definition) is 1. The van der Waals surface area contributed by atoms with Crippen molar-refractivity contribution in [3.63, 3.8) is 0 Å². The van der Waals surface area contributed by atoms with E-state index in [9.17, 15) is 4.79 Å². The first-order valence-electron chi connectivity index (χ1n) is 4.47. The van der Waals surface area contributed by atoms with Crippen molar-refractivity contribution >= 4 is 6.29 Å². The molecule has 0 aliphatic heterocycles. The highest BCUT2D eigenvalue weighted by Gasteiger charge is 2.11. The van der Waals surface area contributed by atoms with E-state index in [2.05, 4.69) is 13.0 Å². The molecular weight excluding hydrogens is 136 g/mol. The normalized spacial score (nSPS) is 24.5. The van der Waals surface area contributed by atoms with Crippen LogP contribution in [-0.2, 0) is 4.79 Å². The van der Waals surface area contributed by atoms with Gasteiger partial charge in [-0.05, 0) is 31.6 Å². The van der Waals surface area contributed by atoms with Crippen molar-refractivity contribution in [1.29, 1.82) is 0 Å². The molecule has 0 aromatic carbocycles. The topological polar surface area (TPSA) is 17.1 Å². The van der Waals surface area contributed by atoms with Gasteiger partial charge in [0.05, 0.1) is 0 Å². The fourth-order valence-corrected chi connectivity index (χ4v) is 1.67. The molecule has 1 aliphatic rings. The van der Waals surface area contributed by atoms with Gasteiger partial charge < -0.3 is 4.79 Å². The van der Waals surface area contributed by atoms with Gasteiger partial charge in [0.1, 0.15) is 6.29 Å². The van der Waals surface area contributed by atoms with E-state index in [4.69, 9.17) is 0 Å². The first-order chi connectivity index (χ1) is 5.34. The number of allylic oxidation sites excluding steroid dienone is 2. The average Bonchev–Trinajstić information content (AvgIpc) is 2.03. The summed E-state index contributed by atoms with van der Waals surface area (Å²) in [7, 11) is 0. The van der Waals surface area contributed by atoms with Gasteiger partial charge in [-0.25, -0.2) is 0 Å². The lowest BCUT2D eigenvalue weighted by Crippen LogP contribution is -2.04. The Labute approximate surface area is 68.5 Å². The van der Waals surface area contributed by atoms with Gasteiger partial charge in [-0.15, -0.1) is 0 Å². The van der Waals surface area contributed by atoms with E-state index in [1.807, 2.05) is 0 Å². The van der Waals surface area contributed by atoms with Gasteiger partial charge in [-0.2, -0.15) is 0 Å². The summed E-state index contributed by atoms with van der Waals surface area (Å²) in [5.74, 6) is 0.726. The smallest absolute Gasteiger partial charge is 0.120 e. The summed E-state index contributed by atoms with van der Waals surface area (Å²) in [4.78, 5) is 10.1. The third kappa shape index (κ3) is 2.49. The standard InChI is InChI=1S/C10H16O/c1-9-5-2-3-6-10(9)7-4-8-11/h6,8-9H,2-5,7H2,1H3/t9-/m1/s1. The van der Waals surface area contributed by atoms with Gasteiger partial charge in [0.2, 0.25) is 0 Å². The first-order valence-corrected chi connectivity index (χ1v) is 4.47. The van der Waals surface area contributed by atoms with Crippen LogP contribution in [0.1, 0.15) is 39.0 Å².